The lowest BCUT2D eigenvalue weighted by molar-refractivity contribution is -0.123. The number of pyridine rings is 1. The molecule has 43 heavy (non-hydrogen) atoms. The summed E-state index contributed by atoms with van der Waals surface area (Å²) in [5.74, 6) is 1.75. The monoisotopic (exact) mass is 589 g/mol. The molecule has 6 rings (SSSR count). The maximum absolute atomic E-state index is 13.5. The van der Waals surface area contributed by atoms with E-state index in [4.69, 9.17) is 18.7 Å². The summed E-state index contributed by atoms with van der Waals surface area (Å²) in [5, 5.41) is 7.54. The summed E-state index contributed by atoms with van der Waals surface area (Å²) in [4.78, 5) is 34.7. The van der Waals surface area contributed by atoms with Crippen molar-refractivity contribution in [2.45, 2.75) is 63.3 Å². The van der Waals surface area contributed by atoms with Crippen LogP contribution >= 0.6 is 0 Å². The highest BCUT2D eigenvalue weighted by Gasteiger charge is 2.36. The Balaban J connectivity index is 1.21. The van der Waals surface area contributed by atoms with Gasteiger partial charge in [-0.25, -0.2) is 0 Å². The first-order valence-corrected chi connectivity index (χ1v) is 15.1. The second-order valence-electron chi connectivity index (χ2n) is 11.6. The first kappa shape index (κ1) is 29.3. The minimum atomic E-state index is -0.328. The largest absolute Gasteiger partial charge is 0.456 e. The van der Waals surface area contributed by atoms with Gasteiger partial charge in [0.2, 0.25) is 5.91 Å². The topological polar surface area (TPSA) is 119 Å². The molecule has 1 aliphatic carbocycles. The zero-order valence-corrected chi connectivity index (χ0v) is 24.6. The van der Waals surface area contributed by atoms with Crippen molar-refractivity contribution < 1.29 is 28.3 Å². The number of hydrogen-bond donors (Lipinski definition) is 1. The minimum Gasteiger partial charge on any atom is -0.456 e. The molecule has 2 fully saturated rings. The average molecular weight is 590 g/mol. The van der Waals surface area contributed by atoms with Gasteiger partial charge in [0.15, 0.2) is 5.76 Å². The Morgan fingerprint density at radius 1 is 1.05 bits per heavy atom. The summed E-state index contributed by atoms with van der Waals surface area (Å²) in [5.41, 5.74) is 2.32. The first-order chi connectivity index (χ1) is 21.0. The highest BCUT2D eigenvalue weighted by atomic mass is 16.5. The van der Waals surface area contributed by atoms with Crippen LogP contribution in [0.5, 0.6) is 11.5 Å². The third kappa shape index (κ3) is 7.41. The fourth-order valence-electron chi connectivity index (χ4n) is 6.20. The lowest BCUT2D eigenvalue weighted by Crippen LogP contribution is -2.49. The standard InChI is InChI=1S/C32H39N5O6/c1-40-11-10-37-20-31(38)34-29-18-36(17-27-14-28(35-43-27)23-7-3-2-4-8-23)19-30(29)41-21-22-6-5-9-25(12-22)42-26-13-24(32(37)39)15-33-16-26/h5-6,9,12-16,23,29-30H,2-4,7-8,10-11,17-21H2,1H3,(H,34,38)/t29-,30-/m0/s1. The number of methoxy groups -OCH3 is 1. The molecule has 0 spiro atoms. The zero-order valence-electron chi connectivity index (χ0n) is 24.6. The number of carbonyl (C=O) groups is 2. The van der Waals surface area contributed by atoms with E-state index in [1.807, 2.05) is 24.3 Å². The van der Waals surface area contributed by atoms with Gasteiger partial charge in [-0.15, -0.1) is 0 Å². The smallest absolute Gasteiger partial charge is 0.256 e. The summed E-state index contributed by atoms with van der Waals surface area (Å²) in [6, 6.07) is 11.1. The van der Waals surface area contributed by atoms with Crippen molar-refractivity contribution >= 4 is 11.8 Å². The number of carbonyl (C=O) groups excluding carboxylic acids is 2. The fraction of sp³-hybridized carbons (Fsp3) is 0.500. The van der Waals surface area contributed by atoms with Crippen molar-refractivity contribution in [1.29, 1.82) is 0 Å². The summed E-state index contributed by atoms with van der Waals surface area (Å²) in [6.07, 6.45) is 8.88. The highest BCUT2D eigenvalue weighted by Crippen LogP contribution is 2.32. The molecule has 0 unspecified atom stereocenters. The number of hydrogen-bond acceptors (Lipinski definition) is 9. The van der Waals surface area contributed by atoms with Crippen LogP contribution in [0.15, 0.2) is 53.3 Å². The fourth-order valence-corrected chi connectivity index (χ4v) is 6.20. The van der Waals surface area contributed by atoms with Crippen LogP contribution in [0.3, 0.4) is 0 Å². The van der Waals surface area contributed by atoms with Crippen LogP contribution in [0.4, 0.5) is 0 Å². The number of aromatic nitrogens is 2. The molecule has 4 bridgehead atoms. The molecule has 4 heterocycles. The van der Waals surface area contributed by atoms with Gasteiger partial charge in [0.05, 0.1) is 55.9 Å². The third-order valence-electron chi connectivity index (χ3n) is 8.41. The molecular weight excluding hydrogens is 550 g/mol. The molecule has 3 aromatic rings. The zero-order chi connectivity index (χ0) is 29.6. The Labute approximate surface area is 251 Å². The summed E-state index contributed by atoms with van der Waals surface area (Å²) in [7, 11) is 1.56. The van der Waals surface area contributed by atoms with E-state index in [-0.39, 0.29) is 37.0 Å². The normalized spacial score (nSPS) is 22.2. The van der Waals surface area contributed by atoms with Crippen molar-refractivity contribution in [2.75, 3.05) is 39.9 Å². The molecule has 1 saturated heterocycles. The van der Waals surface area contributed by atoms with Gasteiger partial charge in [-0.3, -0.25) is 19.5 Å². The molecule has 228 valence electrons. The van der Waals surface area contributed by atoms with Gasteiger partial charge in [-0.1, -0.05) is 36.6 Å². The number of ether oxygens (including phenoxy) is 3. The highest BCUT2D eigenvalue weighted by molar-refractivity contribution is 5.96. The van der Waals surface area contributed by atoms with Crippen molar-refractivity contribution in [3.63, 3.8) is 0 Å². The lowest BCUT2D eigenvalue weighted by atomic mass is 9.87. The van der Waals surface area contributed by atoms with Gasteiger partial charge in [-0.05, 0) is 36.6 Å². The minimum absolute atomic E-state index is 0.123. The van der Waals surface area contributed by atoms with Gasteiger partial charge in [0.25, 0.3) is 5.91 Å². The molecule has 1 N–H and O–H groups in total. The molecule has 2 aromatic heterocycles. The van der Waals surface area contributed by atoms with Gasteiger partial charge in [-0.2, -0.15) is 0 Å². The van der Waals surface area contributed by atoms with Crippen molar-refractivity contribution in [1.82, 2.24) is 25.3 Å². The molecule has 2 aliphatic heterocycles. The molecule has 1 aromatic carbocycles. The lowest BCUT2D eigenvalue weighted by Gasteiger charge is -2.25. The van der Waals surface area contributed by atoms with Crippen LogP contribution in [0.25, 0.3) is 0 Å². The van der Waals surface area contributed by atoms with Crippen molar-refractivity contribution in [2.24, 2.45) is 0 Å². The van der Waals surface area contributed by atoms with E-state index < -0.39 is 0 Å². The predicted molar refractivity (Wildman–Crippen MR) is 157 cm³/mol. The second kappa shape index (κ2) is 13.7. The maximum atomic E-state index is 13.5. The number of amides is 2. The number of nitrogens with one attached hydrogen (secondary N) is 1. The van der Waals surface area contributed by atoms with E-state index >= 15 is 0 Å². The molecule has 11 nitrogen and oxygen atoms in total. The van der Waals surface area contributed by atoms with Crippen LogP contribution in [0.1, 0.15) is 65.4 Å². The van der Waals surface area contributed by atoms with Gasteiger partial charge >= 0.3 is 0 Å². The van der Waals surface area contributed by atoms with Crippen LogP contribution in [-0.4, -0.2) is 83.8 Å². The van der Waals surface area contributed by atoms with E-state index in [1.54, 1.807) is 19.4 Å². The van der Waals surface area contributed by atoms with Gasteiger partial charge in [0, 0.05) is 44.9 Å². The van der Waals surface area contributed by atoms with Crippen LogP contribution in [0, 0.1) is 0 Å². The van der Waals surface area contributed by atoms with Gasteiger partial charge < -0.3 is 29.0 Å². The Bertz CT molecular complexity index is 1410. The number of nitrogens with zero attached hydrogens (tertiary/aromatic N) is 4. The predicted octanol–water partition coefficient (Wildman–Crippen LogP) is 3.90. The molecule has 3 aliphatic rings. The van der Waals surface area contributed by atoms with E-state index in [1.165, 1.54) is 30.4 Å². The Morgan fingerprint density at radius 2 is 1.93 bits per heavy atom. The number of fused-ring (bicyclic) bond motifs is 5. The Kier molecular flexibility index (Phi) is 9.30. The van der Waals surface area contributed by atoms with Crippen molar-refractivity contribution in [3.05, 3.63) is 71.4 Å². The van der Waals surface area contributed by atoms with E-state index in [2.05, 4.69) is 26.4 Å². The van der Waals surface area contributed by atoms with E-state index in [0.717, 1.165) is 29.9 Å². The van der Waals surface area contributed by atoms with Gasteiger partial charge in [0.1, 0.15) is 11.5 Å². The average Bonchev–Trinajstić information content (AvgIpc) is 3.65. The maximum Gasteiger partial charge on any atom is 0.256 e. The van der Waals surface area contributed by atoms with Crippen molar-refractivity contribution in [3.8, 4) is 11.5 Å². The number of likely N-dealkylation sites (tertiary alicyclic amines) is 1. The molecule has 2 amide bonds. The molecular formula is C32H39N5O6. The summed E-state index contributed by atoms with van der Waals surface area (Å²) in [6.45, 7) is 2.55. The summed E-state index contributed by atoms with van der Waals surface area (Å²) < 4.78 is 23.4. The van der Waals surface area contributed by atoms with E-state index in [0.29, 0.717) is 55.8 Å². The molecule has 2 atom stereocenters. The van der Waals surface area contributed by atoms with Crippen LogP contribution in [0.2, 0.25) is 0 Å². The van der Waals surface area contributed by atoms with Crippen LogP contribution < -0.4 is 10.1 Å². The van der Waals surface area contributed by atoms with E-state index in [9.17, 15) is 9.59 Å². The molecule has 1 saturated carbocycles. The number of benzene rings is 1. The third-order valence-corrected chi connectivity index (χ3v) is 8.41. The second-order valence-corrected chi connectivity index (χ2v) is 11.6. The molecule has 0 radical (unpaired) electrons. The summed E-state index contributed by atoms with van der Waals surface area (Å²) >= 11 is 0. The first-order valence-electron chi connectivity index (χ1n) is 15.1. The molecule has 11 heteroatoms. The SMILES string of the molecule is COCCN1CC(=O)N[C@H]2CN(Cc3cc(C4CCCCC4)no3)C[C@@H]2OCc2cccc(c2)Oc2cncc(c2)C1=O. The Hall–Kier alpha value is -3.80. The van der Waals surface area contributed by atoms with Crippen LogP contribution in [-0.2, 0) is 27.4 Å². The quantitative estimate of drug-likeness (QED) is 0.457. The number of rotatable bonds is 6. The Morgan fingerprint density at radius 3 is 2.79 bits per heavy atom.